The Bertz CT molecular complexity index is 1120. The number of benzene rings is 1. The van der Waals surface area contributed by atoms with Crippen LogP contribution < -0.4 is 0 Å². The Balaban J connectivity index is 1.46. The van der Waals surface area contributed by atoms with Gasteiger partial charge in [-0.2, -0.15) is 5.26 Å². The van der Waals surface area contributed by atoms with E-state index >= 15 is 0 Å². The van der Waals surface area contributed by atoms with E-state index in [0.29, 0.717) is 24.8 Å². The SMILES string of the molecule is CCn1c(CC[C@@H]2CCCN2C(=O)[C@H]2CCCN2C(CO)CC(O)(CC)CC)cc2ccc(C#N)cc21. The number of aliphatic hydroxyl groups is 2. The van der Waals surface area contributed by atoms with E-state index in [1.54, 1.807) is 0 Å². The lowest BCUT2D eigenvalue weighted by molar-refractivity contribution is -0.138. The molecule has 2 saturated heterocycles. The van der Waals surface area contributed by atoms with Gasteiger partial charge in [0, 0.05) is 36.4 Å². The molecule has 2 aliphatic heterocycles. The van der Waals surface area contributed by atoms with E-state index in [1.807, 2.05) is 32.0 Å². The molecule has 0 bridgehead atoms. The van der Waals surface area contributed by atoms with Crippen LogP contribution in [0, 0.1) is 11.3 Å². The molecule has 2 fully saturated rings. The largest absolute Gasteiger partial charge is 0.395 e. The van der Waals surface area contributed by atoms with Crippen molar-refractivity contribution in [3.05, 3.63) is 35.5 Å². The first-order chi connectivity index (χ1) is 17.9. The van der Waals surface area contributed by atoms with Crippen molar-refractivity contribution in [1.82, 2.24) is 14.4 Å². The van der Waals surface area contributed by atoms with Crippen molar-refractivity contribution in [2.24, 2.45) is 0 Å². The molecule has 0 radical (unpaired) electrons. The van der Waals surface area contributed by atoms with E-state index in [1.165, 1.54) is 5.69 Å². The fourth-order valence-corrected chi connectivity index (χ4v) is 6.65. The standard InChI is InChI=1S/C30H44N4O3/c1-4-30(37,5-2)19-26(21-35)33-15-8-10-27(33)29(36)34-16-7-9-24(34)13-14-25-18-23-12-11-22(20-31)17-28(23)32(25)6-3/h11-12,17-18,24,26-27,35,37H,4-10,13-16,19,21H2,1-3H3/t24-,26?,27+/m0/s1. The first-order valence-electron chi connectivity index (χ1n) is 14.3. The minimum atomic E-state index is -0.800. The normalized spacial score (nSPS) is 21.6. The summed E-state index contributed by atoms with van der Waals surface area (Å²) in [5, 5.41) is 31.6. The lowest BCUT2D eigenvalue weighted by atomic mass is 9.89. The number of amides is 1. The maximum atomic E-state index is 13.8. The molecule has 1 aromatic carbocycles. The van der Waals surface area contributed by atoms with Crippen LogP contribution in [-0.4, -0.2) is 73.9 Å². The second-order valence-electron chi connectivity index (χ2n) is 11.0. The maximum Gasteiger partial charge on any atom is 0.240 e. The molecule has 0 aliphatic carbocycles. The number of nitrogens with zero attached hydrogens (tertiary/aromatic N) is 4. The molecule has 1 amide bonds. The monoisotopic (exact) mass is 508 g/mol. The highest BCUT2D eigenvalue weighted by atomic mass is 16.3. The summed E-state index contributed by atoms with van der Waals surface area (Å²) >= 11 is 0. The van der Waals surface area contributed by atoms with Crippen molar-refractivity contribution in [3.8, 4) is 6.07 Å². The third kappa shape index (κ3) is 5.72. The van der Waals surface area contributed by atoms with Crippen LogP contribution in [0.4, 0.5) is 0 Å². The lowest BCUT2D eigenvalue weighted by Crippen LogP contribution is -2.53. The summed E-state index contributed by atoms with van der Waals surface area (Å²) < 4.78 is 2.30. The lowest BCUT2D eigenvalue weighted by Gasteiger charge is -2.38. The molecule has 4 rings (SSSR count). The zero-order valence-corrected chi connectivity index (χ0v) is 22.8. The molecule has 1 unspecified atom stereocenters. The first kappa shape index (κ1) is 27.6. The Morgan fingerprint density at radius 1 is 1.16 bits per heavy atom. The van der Waals surface area contributed by atoms with Gasteiger partial charge < -0.3 is 19.7 Å². The van der Waals surface area contributed by atoms with Crippen molar-refractivity contribution in [1.29, 1.82) is 5.26 Å². The zero-order chi connectivity index (χ0) is 26.6. The molecule has 202 valence electrons. The number of fused-ring (bicyclic) bond motifs is 1. The molecule has 3 atom stereocenters. The number of carbonyl (C=O) groups excluding carboxylic acids is 1. The second-order valence-corrected chi connectivity index (χ2v) is 11.0. The van der Waals surface area contributed by atoms with Gasteiger partial charge in [-0.1, -0.05) is 19.9 Å². The van der Waals surface area contributed by atoms with Gasteiger partial charge in [0.2, 0.25) is 5.91 Å². The number of nitriles is 1. The molecule has 0 saturated carbocycles. The van der Waals surface area contributed by atoms with Gasteiger partial charge in [-0.05, 0) is 94.8 Å². The number of aliphatic hydroxyl groups excluding tert-OH is 1. The van der Waals surface area contributed by atoms with Crippen LogP contribution >= 0.6 is 0 Å². The third-order valence-corrected chi connectivity index (χ3v) is 9.02. The number of aryl methyl sites for hydroxylation is 2. The van der Waals surface area contributed by atoms with E-state index in [0.717, 1.165) is 69.1 Å². The number of hydrogen-bond donors (Lipinski definition) is 2. The summed E-state index contributed by atoms with van der Waals surface area (Å²) in [7, 11) is 0. The quantitative estimate of drug-likeness (QED) is 0.474. The van der Waals surface area contributed by atoms with Gasteiger partial charge in [0.25, 0.3) is 0 Å². The van der Waals surface area contributed by atoms with Crippen LogP contribution in [0.2, 0.25) is 0 Å². The van der Waals surface area contributed by atoms with E-state index in [9.17, 15) is 20.3 Å². The molecular weight excluding hydrogens is 464 g/mol. The molecule has 0 spiro atoms. The first-order valence-corrected chi connectivity index (χ1v) is 14.3. The van der Waals surface area contributed by atoms with Crippen molar-refractivity contribution >= 4 is 16.8 Å². The minimum Gasteiger partial charge on any atom is -0.395 e. The summed E-state index contributed by atoms with van der Waals surface area (Å²) in [6, 6.07) is 10.2. The predicted molar refractivity (Wildman–Crippen MR) is 146 cm³/mol. The zero-order valence-electron chi connectivity index (χ0n) is 22.8. The van der Waals surface area contributed by atoms with Crippen LogP contribution in [0.15, 0.2) is 24.3 Å². The fraction of sp³-hybridized carbons (Fsp3) is 0.667. The summed E-state index contributed by atoms with van der Waals surface area (Å²) in [6.45, 7) is 8.52. The van der Waals surface area contributed by atoms with Crippen molar-refractivity contribution in [2.75, 3.05) is 19.7 Å². The molecule has 2 N–H and O–H groups in total. The molecule has 7 heteroatoms. The van der Waals surface area contributed by atoms with Crippen LogP contribution in [-0.2, 0) is 17.8 Å². The van der Waals surface area contributed by atoms with Gasteiger partial charge in [-0.15, -0.1) is 0 Å². The van der Waals surface area contributed by atoms with Crippen molar-refractivity contribution < 1.29 is 15.0 Å². The van der Waals surface area contributed by atoms with Gasteiger partial charge in [0.05, 0.1) is 29.9 Å². The average Bonchev–Trinajstić information content (AvgIpc) is 3.67. The Hall–Kier alpha value is -2.40. The fourth-order valence-electron chi connectivity index (χ4n) is 6.65. The van der Waals surface area contributed by atoms with Crippen molar-refractivity contribution in [3.63, 3.8) is 0 Å². The number of carbonyl (C=O) groups is 1. The predicted octanol–water partition coefficient (Wildman–Crippen LogP) is 4.22. The maximum absolute atomic E-state index is 13.8. The molecule has 2 aromatic rings. The molecule has 3 heterocycles. The smallest absolute Gasteiger partial charge is 0.240 e. The molecule has 2 aliphatic rings. The minimum absolute atomic E-state index is 0.0371. The molecule has 1 aromatic heterocycles. The van der Waals surface area contributed by atoms with Crippen LogP contribution in [0.3, 0.4) is 0 Å². The molecule has 37 heavy (non-hydrogen) atoms. The van der Waals surface area contributed by atoms with Gasteiger partial charge in [0.1, 0.15) is 0 Å². The Labute approximate surface area is 221 Å². The van der Waals surface area contributed by atoms with Gasteiger partial charge >= 0.3 is 0 Å². The number of aromatic nitrogens is 1. The number of likely N-dealkylation sites (tertiary alicyclic amines) is 2. The summed E-state index contributed by atoms with van der Waals surface area (Å²) in [4.78, 5) is 18.1. The molecule has 7 nitrogen and oxygen atoms in total. The Morgan fingerprint density at radius 3 is 2.59 bits per heavy atom. The van der Waals surface area contributed by atoms with Crippen LogP contribution in [0.1, 0.15) is 83.4 Å². The highest BCUT2D eigenvalue weighted by molar-refractivity contribution is 5.83. The number of rotatable bonds is 11. The van der Waals surface area contributed by atoms with E-state index in [4.69, 9.17) is 0 Å². The summed E-state index contributed by atoms with van der Waals surface area (Å²) in [6.07, 6.45) is 7.43. The van der Waals surface area contributed by atoms with Crippen LogP contribution in [0.5, 0.6) is 0 Å². The van der Waals surface area contributed by atoms with Gasteiger partial charge in [-0.25, -0.2) is 0 Å². The third-order valence-electron chi connectivity index (χ3n) is 9.02. The van der Waals surface area contributed by atoms with E-state index < -0.39 is 5.60 Å². The Morgan fingerprint density at radius 2 is 1.92 bits per heavy atom. The van der Waals surface area contributed by atoms with Gasteiger partial charge in [-0.3, -0.25) is 9.69 Å². The number of hydrogen-bond acceptors (Lipinski definition) is 5. The molecular formula is C30H44N4O3. The van der Waals surface area contributed by atoms with E-state index in [-0.39, 0.29) is 30.6 Å². The second kappa shape index (κ2) is 12.0. The van der Waals surface area contributed by atoms with Crippen molar-refractivity contribution in [2.45, 2.75) is 109 Å². The van der Waals surface area contributed by atoms with Gasteiger partial charge in [0.15, 0.2) is 0 Å². The topological polar surface area (TPSA) is 92.7 Å². The summed E-state index contributed by atoms with van der Waals surface area (Å²) in [5.74, 6) is 0.199. The van der Waals surface area contributed by atoms with Crippen LogP contribution in [0.25, 0.3) is 10.9 Å². The summed E-state index contributed by atoms with van der Waals surface area (Å²) in [5.41, 5.74) is 2.24. The Kier molecular flexibility index (Phi) is 8.94. The average molecular weight is 509 g/mol. The highest BCUT2D eigenvalue weighted by Crippen LogP contribution is 2.32. The van der Waals surface area contributed by atoms with E-state index in [2.05, 4.69) is 33.4 Å². The highest BCUT2D eigenvalue weighted by Gasteiger charge is 2.42.